The lowest BCUT2D eigenvalue weighted by Crippen LogP contribution is -2.26. The minimum absolute atomic E-state index is 0.271. The molecule has 0 saturated heterocycles. The van der Waals surface area contributed by atoms with Crippen LogP contribution in [-0.4, -0.2) is 11.2 Å². The molecular formula is C11H11ClF3N3O3. The van der Waals surface area contributed by atoms with Crippen LogP contribution in [-0.2, 0) is 6.18 Å². The van der Waals surface area contributed by atoms with Gasteiger partial charge in [-0.2, -0.15) is 13.2 Å². The maximum Gasteiger partial charge on any atom is 0.416 e. The highest BCUT2D eigenvalue weighted by Crippen LogP contribution is 2.41. The fraction of sp³-hybridized carbons (Fsp3) is 0.273. The summed E-state index contributed by atoms with van der Waals surface area (Å²) in [4.78, 5) is 9.84. The number of nitrogens with two attached hydrogens (primary N) is 2. The number of ether oxygens (including phenoxy) is 1. The molecular weight excluding hydrogens is 315 g/mol. The lowest BCUT2D eigenvalue weighted by Gasteiger charge is -2.14. The van der Waals surface area contributed by atoms with Crippen LogP contribution in [0.25, 0.3) is 0 Å². The fourth-order valence-corrected chi connectivity index (χ4v) is 1.68. The van der Waals surface area contributed by atoms with Crippen molar-refractivity contribution < 1.29 is 22.8 Å². The second-order valence-corrected chi connectivity index (χ2v) is 4.46. The van der Waals surface area contributed by atoms with Gasteiger partial charge in [0.1, 0.15) is 0 Å². The van der Waals surface area contributed by atoms with Crippen molar-refractivity contribution in [2.24, 2.45) is 11.5 Å². The van der Waals surface area contributed by atoms with E-state index >= 15 is 0 Å². The van der Waals surface area contributed by atoms with Crippen molar-refractivity contribution in [1.29, 1.82) is 0 Å². The molecule has 4 N–H and O–H groups in total. The lowest BCUT2D eigenvalue weighted by molar-refractivity contribution is -0.386. The zero-order chi connectivity index (χ0) is 16.4. The number of halogens is 4. The third-order valence-corrected chi connectivity index (χ3v) is 2.51. The second-order valence-electron chi connectivity index (χ2n) is 4.05. The molecule has 0 heterocycles. The van der Waals surface area contributed by atoms with Crippen molar-refractivity contribution in [1.82, 2.24) is 0 Å². The molecule has 6 nitrogen and oxygen atoms in total. The molecule has 10 heteroatoms. The molecule has 116 valence electrons. The summed E-state index contributed by atoms with van der Waals surface area (Å²) in [6.07, 6.45) is -4.75. The van der Waals surface area contributed by atoms with Crippen LogP contribution in [0.1, 0.15) is 12.5 Å². The molecule has 0 spiro atoms. The number of nitro benzene ring substituents is 1. The highest BCUT2D eigenvalue weighted by Gasteiger charge is 2.35. The van der Waals surface area contributed by atoms with E-state index in [1.165, 1.54) is 13.0 Å². The third kappa shape index (κ3) is 4.50. The van der Waals surface area contributed by atoms with Crippen LogP contribution in [0.4, 0.5) is 18.9 Å². The highest BCUT2D eigenvalue weighted by molar-refractivity contribution is 6.32. The quantitative estimate of drug-likeness (QED) is 0.503. The van der Waals surface area contributed by atoms with E-state index < -0.39 is 39.4 Å². The molecule has 1 aromatic rings. The van der Waals surface area contributed by atoms with Crippen LogP contribution in [0.5, 0.6) is 5.75 Å². The van der Waals surface area contributed by atoms with Crippen molar-refractivity contribution in [3.63, 3.8) is 0 Å². The highest BCUT2D eigenvalue weighted by atomic mass is 35.5. The van der Waals surface area contributed by atoms with Gasteiger partial charge < -0.3 is 10.5 Å². The first-order chi connectivity index (χ1) is 9.52. The summed E-state index contributed by atoms with van der Waals surface area (Å²) < 4.78 is 42.8. The van der Waals surface area contributed by atoms with Gasteiger partial charge in [-0.3, -0.25) is 15.8 Å². The summed E-state index contributed by atoms with van der Waals surface area (Å²) in [6, 6.07) is 0.850. The van der Waals surface area contributed by atoms with Gasteiger partial charge in [-0.1, -0.05) is 11.6 Å². The maximum atomic E-state index is 12.6. The van der Waals surface area contributed by atoms with Crippen molar-refractivity contribution in [2.75, 3.05) is 0 Å². The summed E-state index contributed by atoms with van der Waals surface area (Å²) in [7, 11) is 0. The van der Waals surface area contributed by atoms with Crippen LogP contribution < -0.4 is 16.2 Å². The average Bonchev–Trinajstić information content (AvgIpc) is 2.28. The molecule has 0 bridgehead atoms. The number of allylic oxidation sites excluding steroid dienone is 1. The maximum absolute atomic E-state index is 12.6. The third-order valence-electron chi connectivity index (χ3n) is 2.23. The Morgan fingerprint density at radius 2 is 2.10 bits per heavy atom. The van der Waals surface area contributed by atoms with Crippen molar-refractivity contribution in [3.05, 3.63) is 44.6 Å². The van der Waals surface area contributed by atoms with Crippen molar-refractivity contribution in [3.8, 4) is 5.75 Å². The van der Waals surface area contributed by atoms with Gasteiger partial charge in [0.15, 0.2) is 6.23 Å². The normalized spacial score (nSPS) is 13.9. The minimum Gasteiger partial charge on any atom is -0.463 e. The SMILES string of the molecule is C/C(N)=C/C(N)Oc1c(Cl)cc(C(F)(F)F)cc1[N+](=O)[O-]. The average molecular weight is 326 g/mol. The standard InChI is InChI=1S/C11H11ClF3N3O3/c1-5(16)2-9(17)21-10-7(12)3-6(11(13,14)15)4-8(10)18(19)20/h2-4,9H,16-17H2,1H3/b5-2-. The van der Waals surface area contributed by atoms with Gasteiger partial charge in [-0.25, -0.2) is 0 Å². The van der Waals surface area contributed by atoms with Crippen LogP contribution in [0.2, 0.25) is 5.02 Å². The number of nitro groups is 1. The number of benzene rings is 1. The summed E-state index contributed by atoms with van der Waals surface area (Å²) in [5.74, 6) is -0.556. The van der Waals surface area contributed by atoms with Gasteiger partial charge in [-0.05, 0) is 19.1 Å². The minimum atomic E-state index is -4.78. The molecule has 0 radical (unpaired) electrons. The van der Waals surface area contributed by atoms with E-state index in [0.717, 1.165) is 0 Å². The first kappa shape index (κ1) is 17.1. The molecule has 0 amide bonds. The zero-order valence-electron chi connectivity index (χ0n) is 10.6. The predicted octanol–water partition coefficient (Wildman–Crippen LogP) is 2.79. The fourth-order valence-electron chi connectivity index (χ4n) is 1.42. The van der Waals surface area contributed by atoms with E-state index in [9.17, 15) is 23.3 Å². The largest absolute Gasteiger partial charge is 0.463 e. The molecule has 0 aliphatic carbocycles. The summed E-state index contributed by atoms with van der Waals surface area (Å²) >= 11 is 5.63. The van der Waals surface area contributed by atoms with Gasteiger partial charge in [0, 0.05) is 11.8 Å². The van der Waals surface area contributed by atoms with E-state index in [1.807, 2.05) is 0 Å². The van der Waals surface area contributed by atoms with Gasteiger partial charge in [0.2, 0.25) is 5.75 Å². The predicted molar refractivity (Wildman–Crippen MR) is 69.7 cm³/mol. The Hall–Kier alpha value is -2.00. The summed E-state index contributed by atoms with van der Waals surface area (Å²) in [6.45, 7) is 1.49. The van der Waals surface area contributed by atoms with E-state index in [4.69, 9.17) is 27.8 Å². The number of hydrogen-bond donors (Lipinski definition) is 2. The number of alkyl halides is 3. The van der Waals surface area contributed by atoms with Gasteiger partial charge in [0.05, 0.1) is 15.5 Å². The van der Waals surface area contributed by atoms with Gasteiger partial charge in [0.25, 0.3) is 0 Å². The Balaban J connectivity index is 3.32. The Bertz CT molecular complexity index is 586. The van der Waals surface area contributed by atoms with E-state index in [2.05, 4.69) is 0 Å². The van der Waals surface area contributed by atoms with Crippen LogP contribution >= 0.6 is 11.6 Å². The Morgan fingerprint density at radius 3 is 2.52 bits per heavy atom. The zero-order valence-corrected chi connectivity index (χ0v) is 11.4. The smallest absolute Gasteiger partial charge is 0.416 e. The van der Waals surface area contributed by atoms with Gasteiger partial charge in [-0.15, -0.1) is 0 Å². The molecule has 0 aromatic heterocycles. The molecule has 0 fully saturated rings. The van der Waals surface area contributed by atoms with E-state index in [1.54, 1.807) is 0 Å². The molecule has 0 saturated carbocycles. The molecule has 0 aliphatic heterocycles. The number of hydrogen-bond acceptors (Lipinski definition) is 5. The second kappa shape index (κ2) is 6.19. The molecule has 1 unspecified atom stereocenters. The molecule has 1 rings (SSSR count). The van der Waals surface area contributed by atoms with Crippen LogP contribution in [0.3, 0.4) is 0 Å². The molecule has 0 aliphatic rings. The Kier molecular flexibility index (Phi) is 5.02. The van der Waals surface area contributed by atoms with Crippen LogP contribution in [0.15, 0.2) is 23.9 Å². The topological polar surface area (TPSA) is 104 Å². The number of rotatable bonds is 4. The lowest BCUT2D eigenvalue weighted by atomic mass is 10.2. The van der Waals surface area contributed by atoms with Crippen LogP contribution in [0, 0.1) is 10.1 Å². The first-order valence-electron chi connectivity index (χ1n) is 5.43. The van der Waals surface area contributed by atoms with Crippen molar-refractivity contribution in [2.45, 2.75) is 19.3 Å². The molecule has 1 atom stereocenters. The molecule has 1 aromatic carbocycles. The summed E-state index contributed by atoms with van der Waals surface area (Å²) in [5, 5.41) is 10.3. The van der Waals surface area contributed by atoms with E-state index in [-0.39, 0.29) is 5.70 Å². The van der Waals surface area contributed by atoms with Gasteiger partial charge >= 0.3 is 11.9 Å². The monoisotopic (exact) mass is 325 g/mol. The summed E-state index contributed by atoms with van der Waals surface area (Å²) in [5.41, 5.74) is 8.91. The number of nitrogens with zero attached hydrogens (tertiary/aromatic N) is 1. The van der Waals surface area contributed by atoms with E-state index in [0.29, 0.717) is 12.1 Å². The first-order valence-corrected chi connectivity index (χ1v) is 5.81. The molecule has 21 heavy (non-hydrogen) atoms. The van der Waals surface area contributed by atoms with Crippen molar-refractivity contribution >= 4 is 17.3 Å². The Labute approximate surface area is 122 Å². The Morgan fingerprint density at radius 1 is 1.52 bits per heavy atom.